The number of alkyl halides is 3. The zero-order valence-electron chi connectivity index (χ0n) is 11.8. The summed E-state index contributed by atoms with van der Waals surface area (Å²) in [5.74, 6) is -0.424. The van der Waals surface area contributed by atoms with E-state index in [-0.39, 0.29) is 12.2 Å². The van der Waals surface area contributed by atoms with Crippen LogP contribution < -0.4 is 11.1 Å². The molecule has 2 aromatic rings. The summed E-state index contributed by atoms with van der Waals surface area (Å²) < 4.78 is 38.5. The average Bonchev–Trinajstić information content (AvgIpc) is 2.95. The van der Waals surface area contributed by atoms with Gasteiger partial charge in [0.25, 0.3) is 5.91 Å². The Morgan fingerprint density at radius 1 is 1.27 bits per heavy atom. The first-order valence-corrected chi connectivity index (χ1v) is 7.46. The van der Waals surface area contributed by atoms with Crippen LogP contribution in [0.5, 0.6) is 0 Å². The van der Waals surface area contributed by atoms with Crippen molar-refractivity contribution in [3.63, 3.8) is 0 Å². The van der Waals surface area contributed by atoms with Gasteiger partial charge in [-0.3, -0.25) is 4.79 Å². The minimum Gasteiger partial charge on any atom is -0.326 e. The SMILES string of the molecule is CCc1ccc(C(=O)Nc2cc(CN)cc(C(F)(F)F)c2)s1. The lowest BCUT2D eigenvalue weighted by molar-refractivity contribution is -0.137. The minimum absolute atomic E-state index is 0.0359. The van der Waals surface area contributed by atoms with E-state index in [2.05, 4.69) is 5.32 Å². The molecule has 7 heteroatoms. The highest BCUT2D eigenvalue weighted by atomic mass is 32.1. The summed E-state index contributed by atoms with van der Waals surface area (Å²) in [4.78, 5) is 13.6. The maximum absolute atomic E-state index is 12.8. The fourth-order valence-electron chi connectivity index (χ4n) is 1.93. The van der Waals surface area contributed by atoms with Gasteiger partial charge in [0.2, 0.25) is 0 Å². The second kappa shape index (κ2) is 6.50. The van der Waals surface area contributed by atoms with Gasteiger partial charge in [-0.15, -0.1) is 11.3 Å². The van der Waals surface area contributed by atoms with E-state index in [1.165, 1.54) is 17.4 Å². The van der Waals surface area contributed by atoms with Gasteiger partial charge in [0.1, 0.15) is 0 Å². The molecule has 2 rings (SSSR count). The van der Waals surface area contributed by atoms with Gasteiger partial charge in [0.05, 0.1) is 10.4 Å². The summed E-state index contributed by atoms with van der Waals surface area (Å²) in [5.41, 5.74) is 4.99. The highest BCUT2D eigenvalue weighted by Crippen LogP contribution is 2.32. The first kappa shape index (κ1) is 16.5. The molecule has 118 valence electrons. The number of halogens is 3. The summed E-state index contributed by atoms with van der Waals surface area (Å²) in [6, 6.07) is 6.83. The first-order valence-electron chi connectivity index (χ1n) is 6.64. The van der Waals surface area contributed by atoms with E-state index in [1.807, 2.05) is 13.0 Å². The maximum Gasteiger partial charge on any atom is 0.416 e. The van der Waals surface area contributed by atoms with E-state index in [0.29, 0.717) is 10.4 Å². The second-order valence-electron chi connectivity index (χ2n) is 4.69. The third kappa shape index (κ3) is 3.86. The van der Waals surface area contributed by atoms with Gasteiger partial charge in [0.15, 0.2) is 0 Å². The second-order valence-corrected chi connectivity index (χ2v) is 5.86. The van der Waals surface area contributed by atoms with Gasteiger partial charge in [-0.25, -0.2) is 0 Å². The molecule has 1 aromatic carbocycles. The lowest BCUT2D eigenvalue weighted by atomic mass is 10.1. The molecular formula is C15H15F3N2OS. The Bertz CT molecular complexity index is 680. The number of amides is 1. The van der Waals surface area contributed by atoms with Crippen LogP contribution >= 0.6 is 11.3 Å². The van der Waals surface area contributed by atoms with Crippen LogP contribution in [0.2, 0.25) is 0 Å². The van der Waals surface area contributed by atoms with E-state index in [0.717, 1.165) is 23.4 Å². The molecule has 3 nitrogen and oxygen atoms in total. The van der Waals surface area contributed by atoms with Gasteiger partial charge in [-0.2, -0.15) is 13.2 Å². The van der Waals surface area contributed by atoms with Crippen LogP contribution in [0.15, 0.2) is 30.3 Å². The molecular weight excluding hydrogens is 313 g/mol. The largest absolute Gasteiger partial charge is 0.416 e. The number of thiophene rings is 1. The summed E-state index contributed by atoms with van der Waals surface area (Å²) in [5, 5.41) is 2.50. The smallest absolute Gasteiger partial charge is 0.326 e. The predicted octanol–water partition coefficient (Wildman–Crippen LogP) is 4.04. The molecule has 0 fully saturated rings. The van der Waals surface area contributed by atoms with Crippen molar-refractivity contribution in [2.24, 2.45) is 5.73 Å². The molecule has 0 bridgehead atoms. The highest BCUT2D eigenvalue weighted by Gasteiger charge is 2.31. The van der Waals surface area contributed by atoms with Crippen molar-refractivity contribution < 1.29 is 18.0 Å². The van der Waals surface area contributed by atoms with Crippen LogP contribution in [0.3, 0.4) is 0 Å². The summed E-state index contributed by atoms with van der Waals surface area (Å²) in [6.45, 7) is 1.93. The highest BCUT2D eigenvalue weighted by molar-refractivity contribution is 7.14. The van der Waals surface area contributed by atoms with Crippen molar-refractivity contribution >= 4 is 22.9 Å². The molecule has 0 aliphatic heterocycles. The molecule has 22 heavy (non-hydrogen) atoms. The van der Waals surface area contributed by atoms with E-state index in [4.69, 9.17) is 5.73 Å². The molecule has 0 aliphatic rings. The molecule has 1 heterocycles. The Labute approximate surface area is 130 Å². The Morgan fingerprint density at radius 3 is 2.55 bits per heavy atom. The molecule has 0 radical (unpaired) electrons. The third-order valence-corrected chi connectivity index (χ3v) is 4.28. The number of aryl methyl sites for hydroxylation is 1. The quantitative estimate of drug-likeness (QED) is 0.890. The molecule has 0 atom stereocenters. The number of benzene rings is 1. The average molecular weight is 328 g/mol. The van der Waals surface area contributed by atoms with Crippen LogP contribution in [0.25, 0.3) is 0 Å². The fraction of sp³-hybridized carbons (Fsp3) is 0.267. The van der Waals surface area contributed by atoms with Gasteiger partial charge in [-0.1, -0.05) is 6.92 Å². The van der Waals surface area contributed by atoms with E-state index < -0.39 is 17.6 Å². The number of carbonyl (C=O) groups is 1. The van der Waals surface area contributed by atoms with Crippen molar-refractivity contribution in [2.45, 2.75) is 26.1 Å². The number of nitrogens with two attached hydrogens (primary N) is 1. The van der Waals surface area contributed by atoms with Crippen LogP contribution in [-0.4, -0.2) is 5.91 Å². The summed E-state index contributed by atoms with van der Waals surface area (Å²) in [7, 11) is 0. The van der Waals surface area contributed by atoms with Gasteiger partial charge in [0, 0.05) is 17.1 Å². The van der Waals surface area contributed by atoms with E-state index in [1.54, 1.807) is 6.07 Å². The summed E-state index contributed by atoms with van der Waals surface area (Å²) in [6.07, 6.45) is -3.68. The molecule has 0 unspecified atom stereocenters. The van der Waals surface area contributed by atoms with Gasteiger partial charge >= 0.3 is 6.18 Å². The Morgan fingerprint density at radius 2 is 2.00 bits per heavy atom. The molecule has 0 aliphatic carbocycles. The topological polar surface area (TPSA) is 55.1 Å². The monoisotopic (exact) mass is 328 g/mol. The molecule has 3 N–H and O–H groups in total. The first-order chi connectivity index (χ1) is 10.3. The number of rotatable bonds is 4. The van der Waals surface area contributed by atoms with Crippen LogP contribution in [-0.2, 0) is 19.1 Å². The molecule has 0 saturated heterocycles. The number of hydrogen-bond donors (Lipinski definition) is 2. The van der Waals surface area contributed by atoms with Crippen molar-refractivity contribution in [1.29, 1.82) is 0 Å². The van der Waals surface area contributed by atoms with Gasteiger partial charge < -0.3 is 11.1 Å². The third-order valence-electron chi connectivity index (χ3n) is 3.05. The van der Waals surface area contributed by atoms with E-state index in [9.17, 15) is 18.0 Å². The number of nitrogens with one attached hydrogen (secondary N) is 1. The van der Waals surface area contributed by atoms with Crippen LogP contribution in [0.4, 0.5) is 18.9 Å². The van der Waals surface area contributed by atoms with Crippen molar-refractivity contribution in [3.8, 4) is 0 Å². The minimum atomic E-state index is -4.48. The lowest BCUT2D eigenvalue weighted by Crippen LogP contribution is -2.13. The molecule has 1 aromatic heterocycles. The van der Waals surface area contributed by atoms with Crippen molar-refractivity contribution in [1.82, 2.24) is 0 Å². The molecule has 0 saturated carbocycles. The Hall–Kier alpha value is -1.86. The zero-order chi connectivity index (χ0) is 16.3. The molecule has 1 amide bonds. The summed E-state index contributed by atoms with van der Waals surface area (Å²) >= 11 is 1.32. The number of carbonyl (C=O) groups excluding carboxylic acids is 1. The number of anilines is 1. The van der Waals surface area contributed by atoms with Crippen LogP contribution in [0, 0.1) is 0 Å². The van der Waals surface area contributed by atoms with E-state index >= 15 is 0 Å². The van der Waals surface area contributed by atoms with Gasteiger partial charge in [-0.05, 0) is 42.3 Å². The van der Waals surface area contributed by atoms with Crippen molar-refractivity contribution in [2.75, 3.05) is 5.32 Å². The van der Waals surface area contributed by atoms with Crippen LogP contribution in [0.1, 0.15) is 32.6 Å². The molecule has 0 spiro atoms. The fourth-order valence-corrected chi connectivity index (χ4v) is 2.77. The zero-order valence-corrected chi connectivity index (χ0v) is 12.6. The predicted molar refractivity (Wildman–Crippen MR) is 81.0 cm³/mol. The Balaban J connectivity index is 2.26. The normalized spacial score (nSPS) is 11.5. The maximum atomic E-state index is 12.8. The lowest BCUT2D eigenvalue weighted by Gasteiger charge is -2.12. The van der Waals surface area contributed by atoms with Crippen molar-refractivity contribution in [3.05, 3.63) is 51.2 Å². The Kier molecular flexibility index (Phi) is 4.87. The number of hydrogen-bond acceptors (Lipinski definition) is 3. The standard InChI is InChI=1S/C15H15F3N2OS/c1-2-12-3-4-13(22-12)14(21)20-11-6-9(8-19)5-10(7-11)15(16,17)18/h3-7H,2,8,19H2,1H3,(H,20,21).